The summed E-state index contributed by atoms with van der Waals surface area (Å²) in [5.41, 5.74) is 1.39. The molecule has 0 aliphatic carbocycles. The molecule has 2 aliphatic rings. The van der Waals surface area contributed by atoms with Gasteiger partial charge in [0.25, 0.3) is 0 Å². The van der Waals surface area contributed by atoms with Gasteiger partial charge in [0.2, 0.25) is 11.9 Å². The first-order valence-electron chi connectivity index (χ1n) is 12.7. The predicted octanol–water partition coefficient (Wildman–Crippen LogP) is 0.0257. The second kappa shape index (κ2) is 12.5. The first kappa shape index (κ1) is 28.2. The topological polar surface area (TPSA) is 195 Å². The molecule has 2 aliphatic heterocycles. The summed E-state index contributed by atoms with van der Waals surface area (Å²) in [6, 6.07) is 6.69. The summed E-state index contributed by atoms with van der Waals surface area (Å²) < 4.78 is 20.7. The van der Waals surface area contributed by atoms with E-state index in [1.807, 2.05) is 17.0 Å². The van der Waals surface area contributed by atoms with Crippen molar-refractivity contribution in [3.05, 3.63) is 77.5 Å². The summed E-state index contributed by atoms with van der Waals surface area (Å²) in [6.45, 7) is 3.53. The molecule has 1 atom stereocenters. The van der Waals surface area contributed by atoms with Crippen LogP contribution < -0.4 is 4.90 Å². The fourth-order valence-electron chi connectivity index (χ4n) is 4.42. The van der Waals surface area contributed by atoms with Gasteiger partial charge >= 0.3 is 11.9 Å². The number of carbonyl (C=O) groups is 3. The minimum Gasteiger partial charge on any atom is -0.476 e. The summed E-state index contributed by atoms with van der Waals surface area (Å²) >= 11 is 0. The molecule has 2 saturated heterocycles. The molecule has 16 nitrogen and oxygen atoms in total. The lowest BCUT2D eigenvalue weighted by molar-refractivity contribution is -0.148. The van der Waals surface area contributed by atoms with Crippen LogP contribution in [-0.2, 0) is 22.6 Å². The number of carboxylic acid groups (broad SMARTS) is 2. The van der Waals surface area contributed by atoms with Crippen molar-refractivity contribution in [1.82, 2.24) is 44.9 Å². The van der Waals surface area contributed by atoms with Gasteiger partial charge in [-0.05, 0) is 23.3 Å². The van der Waals surface area contributed by atoms with Crippen molar-refractivity contribution in [2.24, 2.45) is 0 Å². The SMILES string of the molecule is O=C(O)c1cn(Cc2ccc(F)nc2)nn1.O=C(O)c1cn(Cc2ccc(N3CCN4C(=O)COCC4C3)nc2)nn1. The molecule has 2 N–H and O–H groups in total. The van der Waals surface area contributed by atoms with Gasteiger partial charge in [0, 0.05) is 32.0 Å². The number of aromatic carboxylic acids is 2. The van der Waals surface area contributed by atoms with Crippen LogP contribution in [0.1, 0.15) is 32.1 Å². The van der Waals surface area contributed by atoms with E-state index in [4.69, 9.17) is 14.9 Å². The molecule has 1 unspecified atom stereocenters. The lowest BCUT2D eigenvalue weighted by atomic mass is 10.1. The van der Waals surface area contributed by atoms with E-state index in [1.54, 1.807) is 12.3 Å². The number of nitrogens with zero attached hydrogens (tertiary/aromatic N) is 10. The molecule has 2 fully saturated rings. The van der Waals surface area contributed by atoms with Gasteiger partial charge in [-0.2, -0.15) is 4.39 Å². The number of carboxylic acids is 2. The Bertz CT molecular complexity index is 1560. The molecule has 0 bridgehead atoms. The van der Waals surface area contributed by atoms with Crippen LogP contribution in [0.15, 0.2) is 49.1 Å². The van der Waals surface area contributed by atoms with E-state index in [-0.39, 0.29) is 29.9 Å². The largest absolute Gasteiger partial charge is 0.476 e. The predicted molar refractivity (Wildman–Crippen MR) is 139 cm³/mol. The van der Waals surface area contributed by atoms with Crippen LogP contribution in [0.25, 0.3) is 0 Å². The zero-order valence-corrected chi connectivity index (χ0v) is 22.0. The van der Waals surface area contributed by atoms with E-state index in [0.717, 1.165) is 17.9 Å². The first-order valence-corrected chi connectivity index (χ1v) is 12.7. The third kappa shape index (κ3) is 6.87. The van der Waals surface area contributed by atoms with Crippen molar-refractivity contribution in [3.63, 3.8) is 0 Å². The highest BCUT2D eigenvalue weighted by molar-refractivity contribution is 5.85. The van der Waals surface area contributed by atoms with Crippen LogP contribution in [0.5, 0.6) is 0 Å². The van der Waals surface area contributed by atoms with E-state index in [1.165, 1.54) is 34.0 Å². The first-order chi connectivity index (χ1) is 20.2. The molecule has 42 heavy (non-hydrogen) atoms. The number of piperazine rings is 1. The van der Waals surface area contributed by atoms with Crippen LogP contribution >= 0.6 is 0 Å². The minimum atomic E-state index is -1.14. The van der Waals surface area contributed by atoms with Gasteiger partial charge in [-0.15, -0.1) is 10.2 Å². The molecule has 0 aromatic carbocycles. The lowest BCUT2D eigenvalue weighted by Gasteiger charge is -2.44. The number of hydrogen-bond donors (Lipinski definition) is 2. The van der Waals surface area contributed by atoms with Crippen molar-refractivity contribution >= 4 is 23.7 Å². The Morgan fingerprint density at radius 1 is 0.905 bits per heavy atom. The summed E-state index contributed by atoms with van der Waals surface area (Å²) in [7, 11) is 0. The van der Waals surface area contributed by atoms with Gasteiger partial charge in [-0.1, -0.05) is 22.6 Å². The molecule has 4 aromatic heterocycles. The summed E-state index contributed by atoms with van der Waals surface area (Å²) in [5, 5.41) is 31.9. The third-order valence-electron chi connectivity index (χ3n) is 6.47. The molecule has 1 amide bonds. The highest BCUT2D eigenvalue weighted by atomic mass is 19.1. The Hall–Kier alpha value is -5.32. The van der Waals surface area contributed by atoms with Crippen molar-refractivity contribution in [1.29, 1.82) is 0 Å². The van der Waals surface area contributed by atoms with Crippen LogP contribution in [0.4, 0.5) is 10.2 Å². The van der Waals surface area contributed by atoms with Gasteiger partial charge in [-0.25, -0.2) is 28.9 Å². The fourth-order valence-corrected chi connectivity index (χ4v) is 4.42. The maximum absolute atomic E-state index is 12.5. The Morgan fingerprint density at radius 3 is 2.05 bits per heavy atom. The number of aromatic nitrogens is 8. The summed E-state index contributed by atoms with van der Waals surface area (Å²) in [4.78, 5) is 45.2. The molecular weight excluding hydrogens is 555 g/mol. The molecule has 0 saturated carbocycles. The number of anilines is 1. The number of ether oxygens (including phenoxy) is 1. The molecule has 218 valence electrons. The number of carbonyl (C=O) groups excluding carboxylic acids is 1. The smallest absolute Gasteiger partial charge is 0.358 e. The maximum atomic E-state index is 12.5. The number of hydrogen-bond acceptors (Lipinski definition) is 11. The molecule has 0 radical (unpaired) electrons. The second-order valence-corrected chi connectivity index (χ2v) is 9.43. The molecule has 6 rings (SSSR count). The van der Waals surface area contributed by atoms with Crippen molar-refractivity contribution in [2.45, 2.75) is 19.1 Å². The molecule has 17 heteroatoms. The maximum Gasteiger partial charge on any atom is 0.358 e. The van der Waals surface area contributed by atoms with Crippen LogP contribution in [-0.4, -0.2) is 112 Å². The number of morpholine rings is 1. The standard InChI is InChI=1S/C16H18N6O4.C9H7FN4O2/c23-15-10-26-9-12-7-20(3-4-22(12)15)14-2-1-11(5-17-14)6-21-8-13(16(24)25)18-19-21;10-8-2-1-6(3-11-8)4-14-5-7(9(15)16)12-13-14/h1-2,5,8,12H,3-4,6-7,9-10H2,(H,24,25);1-3,5H,4H2,(H,15,16). The number of pyridine rings is 2. The van der Waals surface area contributed by atoms with Crippen LogP contribution in [0.3, 0.4) is 0 Å². The average Bonchev–Trinajstić information content (AvgIpc) is 3.65. The third-order valence-corrected chi connectivity index (χ3v) is 6.47. The van der Waals surface area contributed by atoms with Crippen molar-refractivity contribution in [3.8, 4) is 0 Å². The fraction of sp³-hybridized carbons (Fsp3) is 0.320. The molecule has 0 spiro atoms. The highest BCUT2D eigenvalue weighted by Crippen LogP contribution is 2.20. The number of amides is 1. The van der Waals surface area contributed by atoms with Gasteiger partial charge in [0.15, 0.2) is 11.4 Å². The van der Waals surface area contributed by atoms with E-state index in [0.29, 0.717) is 38.3 Å². The second-order valence-electron chi connectivity index (χ2n) is 9.43. The van der Waals surface area contributed by atoms with Crippen LogP contribution in [0, 0.1) is 5.95 Å². The van der Waals surface area contributed by atoms with E-state index in [2.05, 4.69) is 35.5 Å². The number of halogens is 1. The van der Waals surface area contributed by atoms with E-state index >= 15 is 0 Å². The number of rotatable bonds is 7. The van der Waals surface area contributed by atoms with Gasteiger partial charge in [0.1, 0.15) is 12.4 Å². The van der Waals surface area contributed by atoms with Crippen molar-refractivity contribution in [2.75, 3.05) is 37.7 Å². The Kier molecular flexibility index (Phi) is 8.37. The van der Waals surface area contributed by atoms with Gasteiger partial charge in [-0.3, -0.25) is 4.79 Å². The highest BCUT2D eigenvalue weighted by Gasteiger charge is 2.34. The van der Waals surface area contributed by atoms with Crippen LogP contribution in [0.2, 0.25) is 0 Å². The van der Waals surface area contributed by atoms with Gasteiger partial charge in [0.05, 0.1) is 38.1 Å². The number of fused-ring (bicyclic) bond motifs is 1. The average molecular weight is 581 g/mol. The zero-order chi connectivity index (χ0) is 29.6. The quantitative estimate of drug-likeness (QED) is 0.278. The summed E-state index contributed by atoms with van der Waals surface area (Å²) in [5.74, 6) is -1.90. The monoisotopic (exact) mass is 580 g/mol. The van der Waals surface area contributed by atoms with Crippen molar-refractivity contribution < 1.29 is 33.7 Å². The Labute approximate surface area is 237 Å². The minimum absolute atomic E-state index is 0.0535. The van der Waals surface area contributed by atoms with E-state index < -0.39 is 17.9 Å². The Morgan fingerprint density at radius 2 is 1.52 bits per heavy atom. The normalized spacial score (nSPS) is 16.4. The molecular formula is C25H25FN10O6. The summed E-state index contributed by atoms with van der Waals surface area (Å²) in [6.07, 6.45) is 5.78. The van der Waals surface area contributed by atoms with Gasteiger partial charge < -0.3 is 24.7 Å². The Balaban J connectivity index is 0.000000189. The molecule has 4 aromatic rings. The van der Waals surface area contributed by atoms with E-state index in [9.17, 15) is 18.8 Å². The zero-order valence-electron chi connectivity index (χ0n) is 22.0. The molecule has 6 heterocycles. The lowest BCUT2D eigenvalue weighted by Crippen LogP contribution is -2.60.